The molecule has 4 nitrogen and oxygen atoms in total. The molecule has 5 heteroatoms. The second kappa shape index (κ2) is 8.49. The Morgan fingerprint density at radius 2 is 1.81 bits per heavy atom. The van der Waals surface area contributed by atoms with Crippen LogP contribution in [-0.4, -0.2) is 39.8 Å². The zero-order chi connectivity index (χ0) is 14.4. The molecular weight excluding hydrogens is 290 g/mol. The van der Waals surface area contributed by atoms with Gasteiger partial charge in [0.15, 0.2) is 6.61 Å². The maximum Gasteiger partial charge on any atom is 0.344 e. The van der Waals surface area contributed by atoms with Gasteiger partial charge in [-0.15, -0.1) is 0 Å². The maximum atomic E-state index is 11.6. The third kappa shape index (κ3) is 5.25. The molecule has 0 amide bonds. The van der Waals surface area contributed by atoms with Crippen molar-refractivity contribution in [3.05, 3.63) is 42.5 Å². The lowest BCUT2D eigenvalue weighted by Gasteiger charge is -2.10. The molecule has 0 atom stereocenters. The van der Waals surface area contributed by atoms with Gasteiger partial charge < -0.3 is 26.8 Å². The van der Waals surface area contributed by atoms with Crippen molar-refractivity contribution in [1.82, 2.24) is 0 Å². The summed E-state index contributed by atoms with van der Waals surface area (Å²) in [4.78, 5) is 12.8. The molecule has 0 heterocycles. The zero-order valence-corrected chi connectivity index (χ0v) is 13.0. The first kappa shape index (κ1) is 17.3. The van der Waals surface area contributed by atoms with Crippen LogP contribution in [0.4, 0.5) is 0 Å². The monoisotopic (exact) mass is 309 g/mol. The fourth-order valence-electron chi connectivity index (χ4n) is 1.87. The molecule has 0 radical (unpaired) electrons. The number of halogens is 1. The average Bonchev–Trinajstić information content (AvgIpc) is 2.44. The second-order valence-electron chi connectivity index (χ2n) is 4.94. The van der Waals surface area contributed by atoms with Gasteiger partial charge in [-0.3, -0.25) is 0 Å². The van der Waals surface area contributed by atoms with E-state index in [1.165, 1.54) is 4.90 Å². The Morgan fingerprint density at radius 3 is 2.57 bits per heavy atom. The quantitative estimate of drug-likeness (QED) is 0.622. The van der Waals surface area contributed by atoms with Gasteiger partial charge in [-0.25, -0.2) is 4.79 Å². The van der Waals surface area contributed by atoms with E-state index in [0.717, 1.165) is 17.3 Å². The Hall–Kier alpha value is -1.78. The number of carbonyl (C=O) groups excluding carboxylic acids is 1. The molecule has 0 aromatic heterocycles. The van der Waals surface area contributed by atoms with Crippen LogP contribution in [0.5, 0.6) is 5.75 Å². The third-order valence-corrected chi connectivity index (χ3v) is 2.96. The van der Waals surface area contributed by atoms with Crippen molar-refractivity contribution < 1.29 is 31.6 Å². The van der Waals surface area contributed by atoms with Crippen molar-refractivity contribution in [1.29, 1.82) is 0 Å². The summed E-state index contributed by atoms with van der Waals surface area (Å²) in [6.07, 6.45) is 0. The Bertz CT molecular complexity index is 581. The number of hydrogen-bond donors (Lipinski definition) is 1. The van der Waals surface area contributed by atoms with Crippen LogP contribution in [-0.2, 0) is 9.53 Å². The number of carbonyl (C=O) groups is 1. The van der Waals surface area contributed by atoms with Crippen LogP contribution in [0.15, 0.2) is 42.5 Å². The fourth-order valence-corrected chi connectivity index (χ4v) is 1.87. The van der Waals surface area contributed by atoms with Gasteiger partial charge in [-0.1, -0.05) is 36.4 Å². The summed E-state index contributed by atoms with van der Waals surface area (Å²) in [7, 11) is 4.03. The van der Waals surface area contributed by atoms with Crippen LogP contribution in [0, 0.1) is 0 Å². The molecule has 0 aliphatic carbocycles. The minimum absolute atomic E-state index is 0. The predicted molar refractivity (Wildman–Crippen MR) is 78.1 cm³/mol. The molecule has 0 aliphatic rings. The van der Waals surface area contributed by atoms with Gasteiger partial charge >= 0.3 is 5.97 Å². The first-order chi connectivity index (χ1) is 9.66. The van der Waals surface area contributed by atoms with E-state index >= 15 is 0 Å². The molecular formula is C16H20ClNO3. The largest absolute Gasteiger partial charge is 1.00 e. The summed E-state index contributed by atoms with van der Waals surface area (Å²) < 4.78 is 10.7. The summed E-state index contributed by atoms with van der Waals surface area (Å²) in [6.45, 7) is 1.15. The highest BCUT2D eigenvalue weighted by atomic mass is 35.5. The van der Waals surface area contributed by atoms with Crippen molar-refractivity contribution in [2.75, 3.05) is 33.9 Å². The molecule has 0 bridgehead atoms. The number of esters is 1. The Morgan fingerprint density at radius 1 is 1.10 bits per heavy atom. The Kier molecular flexibility index (Phi) is 6.99. The van der Waals surface area contributed by atoms with Crippen LogP contribution < -0.4 is 22.0 Å². The molecule has 21 heavy (non-hydrogen) atoms. The van der Waals surface area contributed by atoms with Gasteiger partial charge in [-0.05, 0) is 11.5 Å². The van der Waals surface area contributed by atoms with Gasteiger partial charge in [-0.2, -0.15) is 0 Å². The number of benzene rings is 2. The molecule has 114 valence electrons. The summed E-state index contributed by atoms with van der Waals surface area (Å²) in [6, 6.07) is 13.7. The molecule has 2 rings (SSSR count). The lowest BCUT2D eigenvalue weighted by Crippen LogP contribution is -3.06. The van der Waals surface area contributed by atoms with Crippen LogP contribution in [0.1, 0.15) is 0 Å². The SMILES string of the molecule is C[NH+](C)CCOC(=O)COc1cccc2ccccc12.[Cl-]. The number of ether oxygens (including phenoxy) is 2. The van der Waals surface area contributed by atoms with E-state index in [2.05, 4.69) is 0 Å². The van der Waals surface area contributed by atoms with Crippen molar-refractivity contribution in [2.24, 2.45) is 0 Å². The molecule has 0 spiro atoms. The van der Waals surface area contributed by atoms with E-state index in [1.807, 2.05) is 56.6 Å². The van der Waals surface area contributed by atoms with Crippen LogP contribution in [0.2, 0.25) is 0 Å². The Balaban J connectivity index is 0.00000220. The summed E-state index contributed by atoms with van der Waals surface area (Å²) in [5.41, 5.74) is 0. The predicted octanol–water partition coefficient (Wildman–Crippen LogP) is -2.09. The lowest BCUT2D eigenvalue weighted by atomic mass is 10.1. The molecule has 0 aliphatic heterocycles. The van der Waals surface area contributed by atoms with Crippen molar-refractivity contribution in [2.45, 2.75) is 0 Å². The first-order valence-corrected chi connectivity index (χ1v) is 6.72. The number of fused-ring (bicyclic) bond motifs is 1. The van der Waals surface area contributed by atoms with E-state index in [-0.39, 0.29) is 25.0 Å². The topological polar surface area (TPSA) is 40.0 Å². The van der Waals surface area contributed by atoms with Gasteiger partial charge in [0.05, 0.1) is 14.1 Å². The molecule has 0 saturated heterocycles. The summed E-state index contributed by atoms with van der Waals surface area (Å²) in [5, 5.41) is 2.09. The Labute approximate surface area is 131 Å². The second-order valence-corrected chi connectivity index (χ2v) is 4.94. The molecule has 0 unspecified atom stereocenters. The maximum absolute atomic E-state index is 11.6. The molecule has 1 N–H and O–H groups in total. The van der Waals surface area contributed by atoms with E-state index in [4.69, 9.17) is 9.47 Å². The van der Waals surface area contributed by atoms with E-state index in [0.29, 0.717) is 12.4 Å². The third-order valence-electron chi connectivity index (χ3n) is 2.96. The zero-order valence-electron chi connectivity index (χ0n) is 12.3. The molecule has 0 fully saturated rings. The van der Waals surface area contributed by atoms with E-state index < -0.39 is 0 Å². The van der Waals surface area contributed by atoms with E-state index in [1.54, 1.807) is 0 Å². The van der Waals surface area contributed by atoms with Crippen molar-refractivity contribution in [3.8, 4) is 5.75 Å². The summed E-state index contributed by atoms with van der Waals surface area (Å²) in [5.74, 6) is 0.373. The molecule has 0 saturated carbocycles. The molecule has 2 aromatic carbocycles. The standard InChI is InChI=1S/C16H19NO3.ClH/c1-17(2)10-11-19-16(18)12-20-15-9-5-7-13-6-3-4-8-14(13)15;/h3-9H,10-12H2,1-2H3;1H. The van der Waals surface area contributed by atoms with Crippen LogP contribution in [0.25, 0.3) is 10.8 Å². The van der Waals surface area contributed by atoms with Gasteiger partial charge in [0, 0.05) is 5.39 Å². The highest BCUT2D eigenvalue weighted by molar-refractivity contribution is 5.88. The van der Waals surface area contributed by atoms with Crippen molar-refractivity contribution >= 4 is 16.7 Å². The highest BCUT2D eigenvalue weighted by Crippen LogP contribution is 2.24. The number of hydrogen-bond acceptors (Lipinski definition) is 3. The number of likely N-dealkylation sites (N-methyl/N-ethyl adjacent to an activating group) is 1. The lowest BCUT2D eigenvalue weighted by molar-refractivity contribution is -0.858. The number of quaternary nitrogens is 1. The minimum Gasteiger partial charge on any atom is -1.00 e. The van der Waals surface area contributed by atoms with E-state index in [9.17, 15) is 4.79 Å². The normalized spacial score (nSPS) is 10.2. The smallest absolute Gasteiger partial charge is 0.344 e. The van der Waals surface area contributed by atoms with Crippen LogP contribution >= 0.6 is 0 Å². The van der Waals surface area contributed by atoms with Gasteiger partial charge in [0.25, 0.3) is 0 Å². The summed E-state index contributed by atoms with van der Waals surface area (Å²) >= 11 is 0. The van der Waals surface area contributed by atoms with Gasteiger partial charge in [0.2, 0.25) is 0 Å². The van der Waals surface area contributed by atoms with Crippen molar-refractivity contribution in [3.63, 3.8) is 0 Å². The fraction of sp³-hybridized carbons (Fsp3) is 0.312. The van der Waals surface area contributed by atoms with Gasteiger partial charge in [0.1, 0.15) is 18.9 Å². The minimum atomic E-state index is -0.334. The average molecular weight is 310 g/mol. The number of nitrogens with one attached hydrogen (secondary N) is 1. The first-order valence-electron chi connectivity index (χ1n) is 6.72. The number of rotatable bonds is 6. The molecule has 2 aromatic rings. The highest BCUT2D eigenvalue weighted by Gasteiger charge is 2.07. The van der Waals surface area contributed by atoms with Crippen LogP contribution in [0.3, 0.4) is 0 Å².